The molecule has 1 aliphatic rings. The van der Waals surface area contributed by atoms with E-state index >= 15 is 0 Å². The summed E-state index contributed by atoms with van der Waals surface area (Å²) in [5, 5.41) is 11.3. The minimum Gasteiger partial charge on any atom is -0.508 e. The number of rotatable bonds is 4. The van der Waals surface area contributed by atoms with E-state index in [9.17, 15) is 5.11 Å². The standard InChI is InChI=1S/C22H24ClN3O/c1-3-15-6-8-26(9-7-15)22-5-4-16(12-25-22)17-10-18-19(14(2)27)13-24-21(18)11-20(17)23/h4-5,10-13,15,24,27H,2-3,6-9H2,1H3. The first-order chi connectivity index (χ1) is 13.1. The molecule has 1 aromatic carbocycles. The van der Waals surface area contributed by atoms with Crippen molar-refractivity contribution in [1.82, 2.24) is 9.97 Å². The van der Waals surface area contributed by atoms with Gasteiger partial charge in [-0.15, -0.1) is 0 Å². The number of pyridine rings is 1. The van der Waals surface area contributed by atoms with Crippen LogP contribution in [0.4, 0.5) is 5.82 Å². The van der Waals surface area contributed by atoms with Crippen LogP contribution in [-0.4, -0.2) is 28.2 Å². The molecule has 0 unspecified atom stereocenters. The summed E-state index contributed by atoms with van der Waals surface area (Å²) < 4.78 is 0. The molecule has 2 N–H and O–H groups in total. The molecule has 0 bridgehead atoms. The van der Waals surface area contributed by atoms with Crippen molar-refractivity contribution < 1.29 is 5.11 Å². The van der Waals surface area contributed by atoms with E-state index in [4.69, 9.17) is 11.6 Å². The lowest BCUT2D eigenvalue weighted by atomic mass is 9.94. The van der Waals surface area contributed by atoms with Crippen molar-refractivity contribution >= 4 is 34.1 Å². The van der Waals surface area contributed by atoms with Crippen LogP contribution in [0.5, 0.6) is 0 Å². The van der Waals surface area contributed by atoms with Crippen molar-refractivity contribution in [3.05, 3.63) is 53.8 Å². The number of fused-ring (bicyclic) bond motifs is 1. The second-order valence-corrected chi connectivity index (χ2v) is 7.68. The first-order valence-electron chi connectivity index (χ1n) is 9.47. The van der Waals surface area contributed by atoms with Crippen molar-refractivity contribution in [2.45, 2.75) is 26.2 Å². The van der Waals surface area contributed by atoms with Crippen LogP contribution in [0.3, 0.4) is 0 Å². The second kappa shape index (κ2) is 7.28. The van der Waals surface area contributed by atoms with Crippen molar-refractivity contribution in [3.63, 3.8) is 0 Å². The van der Waals surface area contributed by atoms with Gasteiger partial charge in [0.2, 0.25) is 0 Å². The van der Waals surface area contributed by atoms with Crippen LogP contribution in [0.15, 0.2) is 43.2 Å². The van der Waals surface area contributed by atoms with Gasteiger partial charge >= 0.3 is 0 Å². The number of piperidine rings is 1. The van der Waals surface area contributed by atoms with E-state index in [1.54, 1.807) is 6.20 Å². The molecule has 0 spiro atoms. The SMILES string of the molecule is C=C(O)c1c[nH]c2cc(Cl)c(-c3ccc(N4CCC(CC)CC4)nc3)cc12. The third kappa shape index (κ3) is 3.42. The number of nitrogens with one attached hydrogen (secondary N) is 1. The molecule has 140 valence electrons. The quantitative estimate of drug-likeness (QED) is 0.542. The molecular formula is C22H24ClN3O. The molecule has 1 fully saturated rings. The van der Waals surface area contributed by atoms with Crippen LogP contribution in [0, 0.1) is 5.92 Å². The molecule has 5 heteroatoms. The fourth-order valence-electron chi connectivity index (χ4n) is 3.91. The highest BCUT2D eigenvalue weighted by molar-refractivity contribution is 6.34. The van der Waals surface area contributed by atoms with E-state index in [-0.39, 0.29) is 5.76 Å². The van der Waals surface area contributed by atoms with Gasteiger partial charge in [-0.25, -0.2) is 4.98 Å². The zero-order valence-electron chi connectivity index (χ0n) is 15.5. The number of halogens is 1. The summed E-state index contributed by atoms with van der Waals surface area (Å²) >= 11 is 6.50. The molecule has 0 saturated carbocycles. The number of H-pyrrole nitrogens is 1. The molecule has 0 radical (unpaired) electrons. The number of aromatic nitrogens is 2. The average molecular weight is 382 g/mol. The third-order valence-corrected chi connectivity index (χ3v) is 5.97. The Balaban J connectivity index is 1.63. The van der Waals surface area contributed by atoms with E-state index in [1.165, 1.54) is 19.3 Å². The topological polar surface area (TPSA) is 52.1 Å². The molecule has 3 aromatic rings. The molecule has 0 aliphatic carbocycles. The summed E-state index contributed by atoms with van der Waals surface area (Å²) in [6.45, 7) is 8.05. The molecule has 27 heavy (non-hydrogen) atoms. The van der Waals surface area contributed by atoms with Gasteiger partial charge in [-0.1, -0.05) is 31.5 Å². The number of anilines is 1. The number of benzene rings is 1. The van der Waals surface area contributed by atoms with Gasteiger partial charge in [0.15, 0.2) is 0 Å². The Morgan fingerprint density at radius 2 is 2.11 bits per heavy atom. The molecule has 0 amide bonds. The first-order valence-corrected chi connectivity index (χ1v) is 9.85. The monoisotopic (exact) mass is 381 g/mol. The van der Waals surface area contributed by atoms with Crippen LogP contribution in [0.2, 0.25) is 5.02 Å². The number of hydrogen-bond donors (Lipinski definition) is 2. The minimum atomic E-state index is 0.0403. The summed E-state index contributed by atoms with van der Waals surface area (Å²) in [7, 11) is 0. The second-order valence-electron chi connectivity index (χ2n) is 7.27. The maximum Gasteiger partial charge on any atom is 0.128 e. The van der Waals surface area contributed by atoms with Crippen LogP contribution in [-0.2, 0) is 0 Å². The van der Waals surface area contributed by atoms with Gasteiger partial charge in [0.1, 0.15) is 11.6 Å². The number of hydrogen-bond acceptors (Lipinski definition) is 3. The Kier molecular flexibility index (Phi) is 4.83. The first kappa shape index (κ1) is 17.9. The maximum atomic E-state index is 9.79. The molecule has 4 rings (SSSR count). The summed E-state index contributed by atoms with van der Waals surface area (Å²) in [4.78, 5) is 10.2. The van der Waals surface area contributed by atoms with Gasteiger partial charge in [-0.3, -0.25) is 0 Å². The fraction of sp³-hybridized carbons (Fsp3) is 0.318. The van der Waals surface area contributed by atoms with E-state index in [0.717, 1.165) is 46.9 Å². The predicted octanol–water partition coefficient (Wildman–Crippen LogP) is 6.04. The molecule has 1 saturated heterocycles. The number of aliphatic hydroxyl groups excluding tert-OH is 1. The van der Waals surface area contributed by atoms with Crippen molar-refractivity contribution in [3.8, 4) is 11.1 Å². The van der Waals surface area contributed by atoms with E-state index in [1.807, 2.05) is 18.3 Å². The molecule has 0 atom stereocenters. The molecule has 4 nitrogen and oxygen atoms in total. The minimum absolute atomic E-state index is 0.0403. The van der Waals surface area contributed by atoms with Crippen molar-refractivity contribution in [1.29, 1.82) is 0 Å². The smallest absolute Gasteiger partial charge is 0.128 e. The predicted molar refractivity (Wildman–Crippen MR) is 113 cm³/mol. The third-order valence-electron chi connectivity index (χ3n) is 5.66. The van der Waals surface area contributed by atoms with E-state index in [2.05, 4.69) is 40.5 Å². The highest BCUT2D eigenvalue weighted by Gasteiger charge is 2.19. The van der Waals surface area contributed by atoms with Crippen LogP contribution < -0.4 is 4.90 Å². The van der Waals surface area contributed by atoms with Gasteiger partial charge in [0, 0.05) is 53.1 Å². The maximum absolute atomic E-state index is 9.79. The number of aliphatic hydroxyl groups is 1. The van der Waals surface area contributed by atoms with Gasteiger partial charge in [0.25, 0.3) is 0 Å². The largest absolute Gasteiger partial charge is 0.508 e. The Morgan fingerprint density at radius 1 is 1.33 bits per heavy atom. The Hall–Kier alpha value is -2.46. The fourth-order valence-corrected chi connectivity index (χ4v) is 4.18. The molecule has 1 aliphatic heterocycles. The van der Waals surface area contributed by atoms with Crippen LogP contribution in [0.1, 0.15) is 31.7 Å². The van der Waals surface area contributed by atoms with Gasteiger partial charge in [-0.2, -0.15) is 0 Å². The van der Waals surface area contributed by atoms with Crippen molar-refractivity contribution in [2.24, 2.45) is 5.92 Å². The normalized spacial score (nSPS) is 15.4. The molecule has 2 aromatic heterocycles. The zero-order valence-corrected chi connectivity index (χ0v) is 16.3. The van der Waals surface area contributed by atoms with Gasteiger partial charge in [0.05, 0.1) is 5.02 Å². The molecular weight excluding hydrogens is 358 g/mol. The van der Waals surface area contributed by atoms with E-state index < -0.39 is 0 Å². The number of aromatic amines is 1. The van der Waals surface area contributed by atoms with Crippen LogP contribution >= 0.6 is 11.6 Å². The lowest BCUT2D eigenvalue weighted by Gasteiger charge is -2.32. The van der Waals surface area contributed by atoms with Crippen molar-refractivity contribution in [2.75, 3.05) is 18.0 Å². The summed E-state index contributed by atoms with van der Waals surface area (Å²) in [6, 6.07) is 8.00. The zero-order chi connectivity index (χ0) is 19.0. The highest BCUT2D eigenvalue weighted by atomic mass is 35.5. The Morgan fingerprint density at radius 3 is 2.74 bits per heavy atom. The van der Waals surface area contributed by atoms with E-state index in [0.29, 0.717) is 10.6 Å². The van der Waals surface area contributed by atoms with Gasteiger partial charge in [-0.05, 0) is 43.0 Å². The van der Waals surface area contributed by atoms with Gasteiger partial charge < -0.3 is 15.0 Å². The highest BCUT2D eigenvalue weighted by Crippen LogP contribution is 2.35. The molecule has 3 heterocycles. The Labute approximate surface area is 164 Å². The number of nitrogens with zero attached hydrogens (tertiary/aromatic N) is 2. The summed E-state index contributed by atoms with van der Waals surface area (Å²) in [5.41, 5.74) is 3.42. The summed E-state index contributed by atoms with van der Waals surface area (Å²) in [5.74, 6) is 1.91. The average Bonchev–Trinajstić information content (AvgIpc) is 3.10. The lowest BCUT2D eigenvalue weighted by molar-refractivity contribution is 0.394. The Bertz CT molecular complexity index is 969. The summed E-state index contributed by atoms with van der Waals surface area (Å²) in [6.07, 6.45) is 7.37. The van der Waals surface area contributed by atoms with Crippen LogP contribution in [0.25, 0.3) is 27.8 Å². The lowest BCUT2D eigenvalue weighted by Crippen LogP contribution is -2.33.